The molecule has 1 aliphatic carbocycles. The van der Waals surface area contributed by atoms with Gasteiger partial charge in [-0.15, -0.1) is 0 Å². The van der Waals surface area contributed by atoms with Crippen LogP contribution in [0, 0.1) is 5.92 Å². The molecular formula is C21H29F5OS. The van der Waals surface area contributed by atoms with Gasteiger partial charge in [0.25, 0.3) is 0 Å². The minimum Gasteiger partial charge on any atom is -0.378 e. The number of benzene rings is 1. The number of ether oxygens (including phenoxy) is 1. The van der Waals surface area contributed by atoms with Gasteiger partial charge in [0.05, 0.1) is 18.3 Å². The molecule has 1 saturated carbocycles. The fourth-order valence-electron chi connectivity index (χ4n) is 3.71. The standard InChI is InChI=1S/C21H29F5OS/c1-2-3-4-5-6-15-27-18-11-7-16(8-12-18)20(22,23)21(24,25)17-9-13-19(28-26)14-10-17/h9-10,13-14,16,18H,2-8,11-12,15H2,1H3/t16-,18-. The lowest BCUT2D eigenvalue weighted by molar-refractivity contribution is -0.250. The Labute approximate surface area is 168 Å². The Bertz CT molecular complexity index is 571. The van der Waals surface area contributed by atoms with Crippen LogP contribution in [-0.2, 0) is 10.7 Å². The summed E-state index contributed by atoms with van der Waals surface area (Å²) in [5.41, 5.74) is -0.777. The van der Waals surface area contributed by atoms with Gasteiger partial charge in [-0.3, -0.25) is 0 Å². The highest BCUT2D eigenvalue weighted by Crippen LogP contribution is 2.51. The second kappa shape index (κ2) is 10.8. The predicted octanol–water partition coefficient (Wildman–Crippen LogP) is 7.94. The van der Waals surface area contributed by atoms with Gasteiger partial charge in [0.2, 0.25) is 0 Å². The summed E-state index contributed by atoms with van der Waals surface area (Å²) in [5, 5.41) is 0. The van der Waals surface area contributed by atoms with Crippen LogP contribution < -0.4 is 0 Å². The lowest BCUT2D eigenvalue weighted by Gasteiger charge is -2.37. The Morgan fingerprint density at radius 1 is 0.929 bits per heavy atom. The first kappa shape index (κ1) is 23.5. The van der Waals surface area contributed by atoms with Crippen LogP contribution in [0.1, 0.15) is 70.3 Å². The number of alkyl halides is 4. The van der Waals surface area contributed by atoms with Crippen LogP contribution in [0.3, 0.4) is 0 Å². The second-order valence-electron chi connectivity index (χ2n) is 7.56. The number of halogens is 5. The Morgan fingerprint density at radius 3 is 2.11 bits per heavy atom. The van der Waals surface area contributed by atoms with Gasteiger partial charge in [-0.05, 0) is 44.2 Å². The average Bonchev–Trinajstić information content (AvgIpc) is 2.71. The quantitative estimate of drug-likeness (QED) is 0.263. The van der Waals surface area contributed by atoms with E-state index in [0.717, 1.165) is 37.1 Å². The lowest BCUT2D eigenvalue weighted by atomic mass is 9.79. The first-order valence-electron chi connectivity index (χ1n) is 10.1. The molecule has 0 saturated heterocycles. The van der Waals surface area contributed by atoms with Crippen molar-refractivity contribution in [3.63, 3.8) is 0 Å². The molecule has 1 aliphatic rings. The molecule has 28 heavy (non-hydrogen) atoms. The molecule has 0 heterocycles. The molecule has 0 aromatic heterocycles. The highest BCUT2D eigenvalue weighted by molar-refractivity contribution is 7.94. The normalized spacial score (nSPS) is 21.1. The molecule has 0 bridgehead atoms. The van der Waals surface area contributed by atoms with Crippen molar-refractivity contribution in [1.29, 1.82) is 0 Å². The van der Waals surface area contributed by atoms with Crippen molar-refractivity contribution in [2.75, 3.05) is 6.61 Å². The van der Waals surface area contributed by atoms with Gasteiger partial charge in [0.15, 0.2) is 0 Å². The molecule has 2 rings (SSSR count). The molecule has 0 N–H and O–H groups in total. The third-order valence-corrected chi connectivity index (χ3v) is 5.96. The molecule has 0 spiro atoms. The van der Waals surface area contributed by atoms with Crippen LogP contribution in [0.2, 0.25) is 0 Å². The van der Waals surface area contributed by atoms with Crippen molar-refractivity contribution in [3.05, 3.63) is 29.8 Å². The summed E-state index contributed by atoms with van der Waals surface area (Å²) in [7, 11) is 0. The van der Waals surface area contributed by atoms with Crippen molar-refractivity contribution < 1.29 is 26.2 Å². The van der Waals surface area contributed by atoms with Gasteiger partial charge in [0.1, 0.15) is 0 Å². The third kappa shape index (κ3) is 5.85. The summed E-state index contributed by atoms with van der Waals surface area (Å²) in [5.74, 6) is -9.82. The molecule has 0 amide bonds. The largest absolute Gasteiger partial charge is 0.378 e. The van der Waals surface area contributed by atoms with Gasteiger partial charge >= 0.3 is 11.8 Å². The Hall–Kier alpha value is -0.820. The molecule has 0 aliphatic heterocycles. The lowest BCUT2D eigenvalue weighted by Crippen LogP contribution is -2.46. The van der Waals surface area contributed by atoms with E-state index in [-0.39, 0.29) is 36.0 Å². The van der Waals surface area contributed by atoms with Crippen molar-refractivity contribution >= 4 is 12.1 Å². The maximum Gasteiger partial charge on any atom is 0.335 e. The van der Waals surface area contributed by atoms with E-state index < -0.39 is 23.3 Å². The smallest absolute Gasteiger partial charge is 0.335 e. The van der Waals surface area contributed by atoms with Gasteiger partial charge in [0, 0.05) is 23.0 Å². The summed E-state index contributed by atoms with van der Waals surface area (Å²) in [6.07, 6.45) is 6.24. The third-order valence-electron chi connectivity index (χ3n) is 5.51. The zero-order chi connectivity index (χ0) is 20.6. The first-order chi connectivity index (χ1) is 13.3. The van der Waals surface area contributed by atoms with Crippen molar-refractivity contribution in [1.82, 2.24) is 0 Å². The molecule has 0 unspecified atom stereocenters. The first-order valence-corrected chi connectivity index (χ1v) is 10.8. The van der Waals surface area contributed by atoms with Crippen molar-refractivity contribution in [2.45, 2.75) is 87.6 Å². The van der Waals surface area contributed by atoms with E-state index in [0.29, 0.717) is 19.4 Å². The SMILES string of the molecule is CCCCCCCO[C@H]1CC[C@H](C(F)(F)C(F)(F)c2ccc(SF)cc2)CC1. The Morgan fingerprint density at radius 2 is 1.54 bits per heavy atom. The maximum atomic E-state index is 14.6. The van der Waals surface area contributed by atoms with Crippen molar-refractivity contribution in [3.8, 4) is 0 Å². The summed E-state index contributed by atoms with van der Waals surface area (Å²) in [4.78, 5) is 0.107. The van der Waals surface area contributed by atoms with Gasteiger partial charge in [-0.1, -0.05) is 44.7 Å². The maximum absolute atomic E-state index is 14.6. The van der Waals surface area contributed by atoms with Gasteiger partial charge in [-0.2, -0.15) is 21.4 Å². The van der Waals surface area contributed by atoms with E-state index in [1.165, 1.54) is 19.3 Å². The van der Waals surface area contributed by atoms with Crippen LogP contribution in [0.5, 0.6) is 0 Å². The number of hydrogen-bond donors (Lipinski definition) is 0. The number of hydrogen-bond acceptors (Lipinski definition) is 2. The van der Waals surface area contributed by atoms with E-state index in [9.17, 15) is 21.4 Å². The summed E-state index contributed by atoms with van der Waals surface area (Å²) < 4.78 is 76.5. The Balaban J connectivity index is 1.85. The predicted molar refractivity (Wildman–Crippen MR) is 103 cm³/mol. The van der Waals surface area contributed by atoms with Crippen LogP contribution >= 0.6 is 12.1 Å². The van der Waals surface area contributed by atoms with Crippen LogP contribution in [0.15, 0.2) is 29.2 Å². The van der Waals surface area contributed by atoms with E-state index in [1.807, 2.05) is 0 Å². The molecule has 160 valence electrons. The fourth-order valence-corrected chi connectivity index (χ4v) is 3.95. The van der Waals surface area contributed by atoms with E-state index in [2.05, 4.69) is 6.92 Å². The molecule has 7 heteroatoms. The van der Waals surface area contributed by atoms with Crippen LogP contribution in [-0.4, -0.2) is 18.6 Å². The minimum atomic E-state index is -4.29. The molecular weight excluding hydrogens is 395 g/mol. The summed E-state index contributed by atoms with van der Waals surface area (Å²) in [6.45, 7) is 2.75. The van der Waals surface area contributed by atoms with E-state index >= 15 is 0 Å². The zero-order valence-corrected chi connectivity index (χ0v) is 17.1. The summed E-state index contributed by atoms with van der Waals surface area (Å²) >= 11 is -0.111. The second-order valence-corrected chi connectivity index (χ2v) is 8.18. The molecule has 0 atom stereocenters. The molecule has 1 fully saturated rings. The molecule has 0 radical (unpaired) electrons. The van der Waals surface area contributed by atoms with Gasteiger partial charge in [-0.25, -0.2) is 0 Å². The fraction of sp³-hybridized carbons (Fsp3) is 0.714. The monoisotopic (exact) mass is 424 g/mol. The summed E-state index contributed by atoms with van der Waals surface area (Å²) in [6, 6.07) is 3.94. The molecule has 1 nitrogen and oxygen atoms in total. The van der Waals surface area contributed by atoms with Gasteiger partial charge < -0.3 is 4.74 Å². The number of unbranched alkanes of at least 4 members (excludes halogenated alkanes) is 4. The zero-order valence-electron chi connectivity index (χ0n) is 16.2. The van der Waals surface area contributed by atoms with Crippen LogP contribution in [0.4, 0.5) is 21.4 Å². The molecule has 1 aromatic carbocycles. The average molecular weight is 425 g/mol. The van der Waals surface area contributed by atoms with E-state index in [4.69, 9.17) is 4.74 Å². The van der Waals surface area contributed by atoms with Crippen molar-refractivity contribution in [2.24, 2.45) is 5.92 Å². The molecule has 1 aromatic rings. The highest BCUT2D eigenvalue weighted by atomic mass is 32.2. The minimum absolute atomic E-state index is 0.0154. The highest BCUT2D eigenvalue weighted by Gasteiger charge is 2.61. The van der Waals surface area contributed by atoms with Crippen LogP contribution in [0.25, 0.3) is 0 Å². The topological polar surface area (TPSA) is 9.23 Å². The van der Waals surface area contributed by atoms with E-state index in [1.54, 1.807) is 0 Å². The number of rotatable bonds is 11. The Kier molecular flexibility index (Phi) is 9.06.